The molecule has 96 valence electrons. The number of likely N-dealkylation sites (tertiary alicyclic amines) is 1. The highest BCUT2D eigenvalue weighted by atomic mass is 16.2. The van der Waals surface area contributed by atoms with Gasteiger partial charge in [0.1, 0.15) is 0 Å². The van der Waals surface area contributed by atoms with Crippen LogP contribution in [-0.4, -0.2) is 42.4 Å². The van der Waals surface area contributed by atoms with Gasteiger partial charge in [-0.05, 0) is 31.6 Å². The Labute approximate surface area is 102 Å². The summed E-state index contributed by atoms with van der Waals surface area (Å²) in [5.41, 5.74) is 5.19. The quantitative estimate of drug-likeness (QED) is 0.719. The van der Waals surface area contributed by atoms with Crippen LogP contribution in [-0.2, 0) is 9.59 Å². The van der Waals surface area contributed by atoms with Crippen molar-refractivity contribution >= 4 is 11.8 Å². The van der Waals surface area contributed by atoms with Crippen molar-refractivity contribution in [2.45, 2.75) is 38.1 Å². The van der Waals surface area contributed by atoms with Crippen LogP contribution in [0, 0.1) is 5.92 Å². The molecule has 2 atom stereocenters. The van der Waals surface area contributed by atoms with Crippen LogP contribution in [0.5, 0.6) is 0 Å². The van der Waals surface area contributed by atoms with Crippen LogP contribution in [0.4, 0.5) is 0 Å². The smallest absolute Gasteiger partial charge is 0.242 e. The molecule has 0 aromatic heterocycles. The van der Waals surface area contributed by atoms with E-state index in [9.17, 15) is 9.59 Å². The van der Waals surface area contributed by atoms with Crippen molar-refractivity contribution in [1.29, 1.82) is 0 Å². The molecule has 2 aliphatic rings. The first-order valence-electron chi connectivity index (χ1n) is 6.48. The lowest BCUT2D eigenvalue weighted by atomic mass is 9.92. The second-order valence-corrected chi connectivity index (χ2v) is 4.97. The first-order valence-corrected chi connectivity index (χ1v) is 6.48. The van der Waals surface area contributed by atoms with Gasteiger partial charge < -0.3 is 16.0 Å². The third kappa shape index (κ3) is 2.77. The number of piperidine rings is 1. The summed E-state index contributed by atoms with van der Waals surface area (Å²) in [7, 11) is 0. The van der Waals surface area contributed by atoms with Crippen LogP contribution in [0.15, 0.2) is 0 Å². The van der Waals surface area contributed by atoms with Crippen LogP contribution >= 0.6 is 0 Å². The number of rotatable bonds is 3. The minimum absolute atomic E-state index is 0.0448. The molecule has 1 saturated carbocycles. The molecule has 0 radical (unpaired) electrons. The number of nitrogens with two attached hydrogens (primary N) is 1. The number of amides is 2. The third-order valence-electron chi connectivity index (χ3n) is 3.94. The number of carbonyl (C=O) groups excluding carboxylic acids is 2. The second kappa shape index (κ2) is 5.49. The Balaban J connectivity index is 1.87. The second-order valence-electron chi connectivity index (χ2n) is 4.97. The fraction of sp³-hybridized carbons (Fsp3) is 0.833. The zero-order valence-corrected chi connectivity index (χ0v) is 10.2. The maximum Gasteiger partial charge on any atom is 0.242 e. The maximum atomic E-state index is 12.0. The number of hydrogen-bond acceptors (Lipinski definition) is 3. The van der Waals surface area contributed by atoms with Gasteiger partial charge in [-0.2, -0.15) is 0 Å². The first-order chi connectivity index (χ1) is 8.22. The van der Waals surface area contributed by atoms with Crippen molar-refractivity contribution in [2.24, 2.45) is 11.7 Å². The standard InChI is InChI=1S/C12H21N3O2/c13-7-11(16)14-8-12(17)15-6-2-4-9-3-1-5-10(9)15/h9-10H,1-8,13H2,(H,14,16). The lowest BCUT2D eigenvalue weighted by Gasteiger charge is -2.37. The van der Waals surface area contributed by atoms with E-state index >= 15 is 0 Å². The zero-order chi connectivity index (χ0) is 12.3. The Kier molecular flexibility index (Phi) is 3.99. The molecule has 0 aromatic carbocycles. The predicted molar refractivity (Wildman–Crippen MR) is 64.1 cm³/mol. The molecular weight excluding hydrogens is 218 g/mol. The Bertz CT molecular complexity index is 306. The number of nitrogens with one attached hydrogen (secondary N) is 1. The molecule has 17 heavy (non-hydrogen) atoms. The van der Waals surface area contributed by atoms with Gasteiger partial charge >= 0.3 is 0 Å². The fourth-order valence-corrected chi connectivity index (χ4v) is 3.11. The number of fused-ring (bicyclic) bond motifs is 1. The van der Waals surface area contributed by atoms with E-state index in [1.807, 2.05) is 4.90 Å². The highest BCUT2D eigenvalue weighted by molar-refractivity contribution is 5.85. The van der Waals surface area contributed by atoms with Crippen LogP contribution in [0.2, 0.25) is 0 Å². The van der Waals surface area contributed by atoms with Gasteiger partial charge in [0.25, 0.3) is 0 Å². The van der Waals surface area contributed by atoms with E-state index in [0.29, 0.717) is 12.0 Å². The highest BCUT2D eigenvalue weighted by Crippen LogP contribution is 2.36. The van der Waals surface area contributed by atoms with E-state index in [2.05, 4.69) is 5.32 Å². The number of hydrogen-bond donors (Lipinski definition) is 2. The van der Waals surface area contributed by atoms with Crippen LogP contribution < -0.4 is 11.1 Å². The average molecular weight is 239 g/mol. The molecule has 0 aromatic rings. The maximum absolute atomic E-state index is 12.0. The normalized spacial score (nSPS) is 27.7. The molecule has 1 aliphatic heterocycles. The Morgan fingerprint density at radius 1 is 1.24 bits per heavy atom. The Morgan fingerprint density at radius 3 is 2.76 bits per heavy atom. The van der Waals surface area contributed by atoms with Gasteiger partial charge in [0.15, 0.2) is 0 Å². The summed E-state index contributed by atoms with van der Waals surface area (Å²) in [6.45, 7) is 0.886. The van der Waals surface area contributed by atoms with E-state index in [0.717, 1.165) is 19.4 Å². The van der Waals surface area contributed by atoms with Gasteiger partial charge in [-0.3, -0.25) is 9.59 Å². The number of carbonyl (C=O) groups is 2. The molecule has 5 heteroatoms. The molecule has 2 amide bonds. The van der Waals surface area contributed by atoms with Gasteiger partial charge in [-0.1, -0.05) is 6.42 Å². The molecule has 5 nitrogen and oxygen atoms in total. The summed E-state index contributed by atoms with van der Waals surface area (Å²) in [5.74, 6) is 0.472. The van der Waals surface area contributed by atoms with Crippen molar-refractivity contribution in [2.75, 3.05) is 19.6 Å². The molecular formula is C12H21N3O2. The summed E-state index contributed by atoms with van der Waals surface area (Å²) in [4.78, 5) is 25.0. The minimum atomic E-state index is -0.265. The van der Waals surface area contributed by atoms with Crippen molar-refractivity contribution < 1.29 is 9.59 Å². The fourth-order valence-electron chi connectivity index (χ4n) is 3.11. The summed E-state index contributed by atoms with van der Waals surface area (Å²) >= 11 is 0. The van der Waals surface area contributed by atoms with Crippen molar-refractivity contribution in [3.8, 4) is 0 Å². The van der Waals surface area contributed by atoms with Crippen molar-refractivity contribution in [3.05, 3.63) is 0 Å². The summed E-state index contributed by atoms with van der Waals surface area (Å²) in [6, 6.07) is 0.422. The average Bonchev–Trinajstić information content (AvgIpc) is 2.83. The summed E-state index contributed by atoms with van der Waals surface area (Å²) in [6.07, 6.45) is 5.96. The Hall–Kier alpha value is -1.10. The van der Waals surface area contributed by atoms with Crippen LogP contribution in [0.25, 0.3) is 0 Å². The molecule has 1 saturated heterocycles. The largest absolute Gasteiger partial charge is 0.346 e. The molecule has 2 fully saturated rings. The third-order valence-corrected chi connectivity index (χ3v) is 3.94. The van der Waals surface area contributed by atoms with E-state index in [-0.39, 0.29) is 24.9 Å². The van der Waals surface area contributed by atoms with Gasteiger partial charge in [0.05, 0.1) is 13.1 Å². The van der Waals surface area contributed by atoms with E-state index in [1.54, 1.807) is 0 Å². The molecule has 2 rings (SSSR count). The molecule has 0 bridgehead atoms. The highest BCUT2D eigenvalue weighted by Gasteiger charge is 2.36. The van der Waals surface area contributed by atoms with Gasteiger partial charge in [0.2, 0.25) is 11.8 Å². The van der Waals surface area contributed by atoms with Crippen molar-refractivity contribution in [1.82, 2.24) is 10.2 Å². The molecule has 1 heterocycles. The molecule has 1 aliphatic carbocycles. The minimum Gasteiger partial charge on any atom is -0.346 e. The monoisotopic (exact) mass is 239 g/mol. The Morgan fingerprint density at radius 2 is 2.00 bits per heavy atom. The zero-order valence-electron chi connectivity index (χ0n) is 10.2. The topological polar surface area (TPSA) is 75.4 Å². The van der Waals surface area contributed by atoms with Crippen molar-refractivity contribution in [3.63, 3.8) is 0 Å². The van der Waals surface area contributed by atoms with Gasteiger partial charge in [-0.25, -0.2) is 0 Å². The summed E-state index contributed by atoms with van der Waals surface area (Å²) in [5, 5.41) is 2.55. The molecule has 2 unspecified atom stereocenters. The lowest BCUT2D eigenvalue weighted by molar-refractivity contribution is -0.136. The summed E-state index contributed by atoms with van der Waals surface area (Å²) < 4.78 is 0. The molecule has 3 N–H and O–H groups in total. The van der Waals surface area contributed by atoms with E-state index in [1.165, 1.54) is 19.3 Å². The first kappa shape index (κ1) is 12.4. The SMILES string of the molecule is NCC(=O)NCC(=O)N1CCCC2CCCC21. The predicted octanol–water partition coefficient (Wildman–Crippen LogP) is -0.148. The van der Waals surface area contributed by atoms with Crippen LogP contribution in [0.3, 0.4) is 0 Å². The number of nitrogens with zero attached hydrogens (tertiary/aromatic N) is 1. The van der Waals surface area contributed by atoms with Crippen LogP contribution in [0.1, 0.15) is 32.1 Å². The van der Waals surface area contributed by atoms with E-state index < -0.39 is 0 Å². The van der Waals surface area contributed by atoms with Gasteiger partial charge in [-0.15, -0.1) is 0 Å². The van der Waals surface area contributed by atoms with Gasteiger partial charge in [0, 0.05) is 12.6 Å². The lowest BCUT2D eigenvalue weighted by Crippen LogP contribution is -2.50. The van der Waals surface area contributed by atoms with E-state index in [4.69, 9.17) is 5.73 Å². The molecule has 0 spiro atoms.